The van der Waals surface area contributed by atoms with Crippen LogP contribution in [0.3, 0.4) is 0 Å². The van der Waals surface area contributed by atoms with Crippen molar-refractivity contribution in [2.24, 2.45) is 23.4 Å². The number of aliphatic hydroxyl groups is 2. The molecule has 0 amide bonds. The summed E-state index contributed by atoms with van der Waals surface area (Å²) in [4.78, 5) is 0. The predicted molar refractivity (Wildman–Crippen MR) is 30.9 cm³/mol. The maximum absolute atomic E-state index is 7.62. The first-order valence-corrected chi connectivity index (χ1v) is 1.80. The van der Waals surface area contributed by atoms with Crippen LogP contribution >= 0.6 is 0 Å². The van der Waals surface area contributed by atoms with Gasteiger partial charge in [0.25, 0.3) is 0 Å². The lowest BCUT2D eigenvalue weighted by atomic mass is 10.8. The molecule has 0 heterocycles. The minimum absolute atomic E-state index is 0.125. The van der Waals surface area contributed by atoms with Crippen molar-refractivity contribution in [1.29, 1.82) is 0 Å². The van der Waals surface area contributed by atoms with Gasteiger partial charge in [-0.2, -0.15) is 0 Å². The molecular formula is C2H14N4O2. The summed E-state index contributed by atoms with van der Waals surface area (Å²) in [7, 11) is 0. The van der Waals surface area contributed by atoms with Gasteiger partial charge in [0, 0.05) is 0 Å². The van der Waals surface area contributed by atoms with Crippen LogP contribution in [-0.4, -0.2) is 23.4 Å². The Balaban J connectivity index is -0.0000000542. The van der Waals surface area contributed by atoms with Crippen LogP contribution in [-0.2, 0) is 0 Å². The van der Waals surface area contributed by atoms with E-state index >= 15 is 0 Å². The number of hydrogen-bond acceptors (Lipinski definition) is 6. The minimum atomic E-state index is -0.125. The van der Waals surface area contributed by atoms with E-state index in [1.165, 1.54) is 0 Å². The second-order valence-corrected chi connectivity index (χ2v) is 0.447. The van der Waals surface area contributed by atoms with Crippen molar-refractivity contribution >= 4 is 0 Å². The van der Waals surface area contributed by atoms with E-state index < -0.39 is 0 Å². The maximum atomic E-state index is 7.62. The molecule has 0 unspecified atom stereocenters. The number of nitrogens with two attached hydrogens (primary N) is 4. The summed E-state index contributed by atoms with van der Waals surface area (Å²) in [6.45, 7) is -0.250. The van der Waals surface area contributed by atoms with Gasteiger partial charge < -0.3 is 10.2 Å². The van der Waals surface area contributed by atoms with Gasteiger partial charge in [0.1, 0.15) is 0 Å². The van der Waals surface area contributed by atoms with Crippen LogP contribution in [0.25, 0.3) is 0 Å². The molecule has 54 valence electrons. The van der Waals surface area contributed by atoms with Crippen molar-refractivity contribution in [3.8, 4) is 0 Å². The van der Waals surface area contributed by atoms with Gasteiger partial charge in [-0.15, -0.1) is 0 Å². The van der Waals surface area contributed by atoms with E-state index in [9.17, 15) is 0 Å². The Hall–Kier alpha value is -0.240. The van der Waals surface area contributed by atoms with Gasteiger partial charge >= 0.3 is 0 Å². The van der Waals surface area contributed by atoms with Gasteiger partial charge in [-0.25, -0.2) is 0 Å². The zero-order chi connectivity index (χ0) is 7.41. The van der Waals surface area contributed by atoms with Gasteiger partial charge in [0.15, 0.2) is 0 Å². The summed E-state index contributed by atoms with van der Waals surface area (Å²) in [6.07, 6.45) is 0. The summed E-state index contributed by atoms with van der Waals surface area (Å²) in [5.41, 5.74) is 0. The molecule has 0 aliphatic carbocycles. The molecule has 0 atom stereocenters. The average Bonchev–Trinajstić information content (AvgIpc) is 1.96. The molecule has 0 spiro atoms. The SMILES string of the molecule is NN.NN.OCCO. The lowest BCUT2D eigenvalue weighted by Crippen LogP contribution is -2.02. The lowest BCUT2D eigenvalue weighted by molar-refractivity contribution is 0.186. The molecule has 0 saturated carbocycles. The van der Waals surface area contributed by atoms with Crippen LogP contribution in [0.15, 0.2) is 0 Å². The van der Waals surface area contributed by atoms with Crippen LogP contribution in [0.2, 0.25) is 0 Å². The van der Waals surface area contributed by atoms with E-state index in [0.29, 0.717) is 0 Å². The minimum Gasteiger partial charge on any atom is -0.394 e. The van der Waals surface area contributed by atoms with Crippen molar-refractivity contribution in [2.45, 2.75) is 0 Å². The monoisotopic (exact) mass is 126 g/mol. The Morgan fingerprint density at radius 3 is 0.875 bits per heavy atom. The fraction of sp³-hybridized carbons (Fsp3) is 1.00. The molecule has 0 aromatic carbocycles. The zero-order valence-electron chi connectivity index (χ0n) is 4.62. The second kappa shape index (κ2) is 72.4. The second-order valence-electron chi connectivity index (χ2n) is 0.447. The van der Waals surface area contributed by atoms with Gasteiger partial charge in [0.05, 0.1) is 13.2 Å². The Morgan fingerprint density at radius 2 is 0.875 bits per heavy atom. The molecule has 0 aliphatic heterocycles. The van der Waals surface area contributed by atoms with Gasteiger partial charge in [-0.05, 0) is 0 Å². The molecule has 0 radical (unpaired) electrons. The quantitative estimate of drug-likeness (QED) is 0.160. The van der Waals surface area contributed by atoms with Crippen molar-refractivity contribution in [2.75, 3.05) is 13.2 Å². The highest BCUT2D eigenvalue weighted by Gasteiger charge is 1.58. The van der Waals surface area contributed by atoms with Gasteiger partial charge in [-0.1, -0.05) is 0 Å². The molecule has 0 fully saturated rings. The zero-order valence-corrected chi connectivity index (χ0v) is 4.62. The van der Waals surface area contributed by atoms with E-state index in [1.54, 1.807) is 0 Å². The van der Waals surface area contributed by atoms with E-state index in [1.807, 2.05) is 0 Å². The topological polar surface area (TPSA) is 145 Å². The van der Waals surface area contributed by atoms with E-state index in [0.717, 1.165) is 0 Å². The van der Waals surface area contributed by atoms with Crippen LogP contribution < -0.4 is 23.4 Å². The molecule has 6 nitrogen and oxygen atoms in total. The largest absolute Gasteiger partial charge is 0.394 e. The highest BCUT2D eigenvalue weighted by molar-refractivity contribution is 4.06. The highest BCUT2D eigenvalue weighted by Crippen LogP contribution is 1.39. The molecule has 6 heteroatoms. The Labute approximate surface area is 48.0 Å². The summed E-state index contributed by atoms with van der Waals surface area (Å²) in [5, 5.41) is 15.2. The van der Waals surface area contributed by atoms with Crippen molar-refractivity contribution < 1.29 is 10.2 Å². The third kappa shape index (κ3) is 226. The van der Waals surface area contributed by atoms with Crippen molar-refractivity contribution in [3.63, 3.8) is 0 Å². The third-order valence-corrected chi connectivity index (χ3v) is 0.1000. The molecule has 0 aromatic heterocycles. The number of hydrogen-bond donors (Lipinski definition) is 6. The number of aliphatic hydroxyl groups excluding tert-OH is 2. The molecular weight excluding hydrogens is 112 g/mol. The Kier molecular flexibility index (Phi) is 142. The number of hydrazine groups is 2. The van der Waals surface area contributed by atoms with E-state index in [-0.39, 0.29) is 13.2 Å². The Morgan fingerprint density at radius 1 is 0.750 bits per heavy atom. The smallest absolute Gasteiger partial charge is 0.0662 e. The molecule has 0 bridgehead atoms. The molecule has 0 saturated heterocycles. The normalized spacial score (nSPS) is 5.25. The molecule has 0 rings (SSSR count). The average molecular weight is 126 g/mol. The molecule has 0 aromatic rings. The van der Waals surface area contributed by atoms with Gasteiger partial charge in [-0.3, -0.25) is 23.4 Å². The van der Waals surface area contributed by atoms with Crippen LogP contribution in [0.4, 0.5) is 0 Å². The van der Waals surface area contributed by atoms with Gasteiger partial charge in [0.2, 0.25) is 0 Å². The van der Waals surface area contributed by atoms with Crippen molar-refractivity contribution in [3.05, 3.63) is 0 Å². The summed E-state index contributed by atoms with van der Waals surface area (Å²) < 4.78 is 0. The predicted octanol–water partition coefficient (Wildman–Crippen LogP) is -3.39. The van der Waals surface area contributed by atoms with Crippen molar-refractivity contribution in [1.82, 2.24) is 0 Å². The molecule has 0 aliphatic rings. The summed E-state index contributed by atoms with van der Waals surface area (Å²) >= 11 is 0. The van der Waals surface area contributed by atoms with E-state index in [4.69, 9.17) is 10.2 Å². The Bertz CT molecular complexity index is 14.0. The van der Waals surface area contributed by atoms with Crippen LogP contribution in [0, 0.1) is 0 Å². The lowest BCUT2D eigenvalue weighted by Gasteiger charge is -1.70. The highest BCUT2D eigenvalue weighted by atomic mass is 16.3. The molecule has 10 N–H and O–H groups in total. The first-order chi connectivity index (χ1) is 3.91. The maximum Gasteiger partial charge on any atom is 0.0662 e. The fourth-order valence-corrected chi connectivity index (χ4v) is 0. The summed E-state index contributed by atoms with van der Waals surface area (Å²) in [5.74, 6) is 16.0. The van der Waals surface area contributed by atoms with Crippen LogP contribution in [0.1, 0.15) is 0 Å². The summed E-state index contributed by atoms with van der Waals surface area (Å²) in [6, 6.07) is 0. The standard InChI is InChI=1S/C2H6O2.2H4N2/c3-1-2-4;2*1-2/h3-4H,1-2H2;2*1-2H2. The third-order valence-electron chi connectivity index (χ3n) is 0.1000. The molecule has 8 heavy (non-hydrogen) atoms. The number of rotatable bonds is 1. The fourth-order valence-electron chi connectivity index (χ4n) is 0. The first-order valence-electron chi connectivity index (χ1n) is 1.80. The first kappa shape index (κ1) is 15.7. The van der Waals surface area contributed by atoms with Crippen LogP contribution in [0.5, 0.6) is 0 Å². The van der Waals surface area contributed by atoms with E-state index in [2.05, 4.69) is 23.4 Å².